The molecule has 6 heteroatoms. The number of benzene rings is 24. The summed E-state index contributed by atoms with van der Waals surface area (Å²) in [6.45, 7) is 0. The number of rotatable bonds is 21. The predicted molar refractivity (Wildman–Crippen MR) is 599 cm³/mol. The van der Waals surface area contributed by atoms with Gasteiger partial charge in [0, 0.05) is 110 Å². The van der Waals surface area contributed by atoms with Gasteiger partial charge < -0.3 is 28.4 Å². The molecule has 0 N–H and O–H groups in total. The van der Waals surface area contributed by atoms with E-state index in [1.807, 2.05) is 0 Å². The first-order valence-electron chi connectivity index (χ1n) is 48.6. The lowest BCUT2D eigenvalue weighted by Gasteiger charge is -2.30. The molecule has 0 amide bonds. The fourth-order valence-corrected chi connectivity index (χ4v) is 21.5. The summed E-state index contributed by atoms with van der Waals surface area (Å²) in [6, 6.07) is 199. The molecule has 0 fully saturated rings. The van der Waals surface area contributed by atoms with Gasteiger partial charge in [-0.3, -0.25) is 0 Å². The van der Waals surface area contributed by atoms with Gasteiger partial charge >= 0.3 is 0 Å². The number of anilines is 12. The van der Waals surface area contributed by atoms with Crippen molar-refractivity contribution in [3.8, 4) is 100 Å². The zero-order chi connectivity index (χ0) is 93.9. The van der Waals surface area contributed by atoms with Crippen LogP contribution in [-0.2, 0) is 0 Å². The van der Waals surface area contributed by atoms with E-state index in [0.29, 0.717) is 0 Å². The molecule has 2 heterocycles. The van der Waals surface area contributed by atoms with Gasteiger partial charge in [-0.25, -0.2) is 0 Å². The van der Waals surface area contributed by atoms with Gasteiger partial charge in [-0.15, -0.1) is 0 Å². The van der Waals surface area contributed by atoms with E-state index in [9.17, 15) is 0 Å². The Morgan fingerprint density at radius 2 is 0.317 bits per heavy atom. The number of furan rings is 2. The molecule has 0 saturated heterocycles. The Balaban J connectivity index is 0.614. The number of hydrogen-bond acceptors (Lipinski definition) is 6. The van der Waals surface area contributed by atoms with Crippen LogP contribution in [0.4, 0.5) is 68.2 Å². The molecule has 666 valence electrons. The van der Waals surface area contributed by atoms with Crippen molar-refractivity contribution >= 4 is 155 Å². The molecule has 24 aromatic carbocycles. The van der Waals surface area contributed by atoms with Crippen LogP contribution in [-0.4, -0.2) is 0 Å². The van der Waals surface area contributed by atoms with Crippen LogP contribution in [0.5, 0.6) is 0 Å². The van der Waals surface area contributed by atoms with Crippen LogP contribution in [0.1, 0.15) is 0 Å². The van der Waals surface area contributed by atoms with Gasteiger partial charge in [-0.1, -0.05) is 431 Å². The second kappa shape index (κ2) is 36.0. The molecule has 6 nitrogen and oxygen atoms in total. The van der Waals surface area contributed by atoms with Crippen LogP contribution in [0.15, 0.2) is 555 Å². The minimum Gasteiger partial charge on any atom is -0.455 e. The average molecular weight is 1810 g/mol. The van der Waals surface area contributed by atoms with Crippen molar-refractivity contribution < 1.29 is 8.83 Å². The standard InChI is InChI=1S/C136H90N4O2/c1-7-38-91(39-8-1)95-74-78-105(79-75-95)137(107-56-34-51-100(83-107)93-42-11-3-12-43-93)129-87-123-124-88-130(116-65-22-26-69-120(116)134(124)141-133(123)119-68-25-21-64-115(119)129)138(106-80-76-96(77-81-106)92-40-9-2-10-41-92)108-57-37-55-104(86-108)112-61-20-19-60-111(112)103-54-33-50-99(82-103)102-53-36-59-110(85-102)140(128-73-32-30-63-114(128)98-48-17-6-18-49-98)132-90-126-125-89-131(117-66-23-27-70-121(117)135(125)142-136(126)122-71-28-24-67-118(122)132)139(109-58-35-52-101(84-109)94-44-13-4-14-45-94)127-72-31-29-62-113(127)97-46-15-5-16-47-97/h1-90H. The van der Waals surface area contributed by atoms with Crippen LogP contribution in [0.3, 0.4) is 0 Å². The molecule has 0 saturated carbocycles. The molecule has 0 unspecified atom stereocenters. The molecule has 0 radical (unpaired) electrons. The molecule has 0 bridgehead atoms. The third-order valence-electron chi connectivity index (χ3n) is 28.1. The minimum absolute atomic E-state index is 0.824. The quantitative estimate of drug-likeness (QED) is 0.0714. The summed E-state index contributed by atoms with van der Waals surface area (Å²) in [5.41, 5.74) is 35.7. The van der Waals surface area contributed by atoms with Crippen molar-refractivity contribution in [1.82, 2.24) is 0 Å². The van der Waals surface area contributed by atoms with E-state index in [4.69, 9.17) is 8.83 Å². The highest BCUT2D eigenvalue weighted by Crippen LogP contribution is 2.55. The van der Waals surface area contributed by atoms with Crippen LogP contribution < -0.4 is 19.6 Å². The number of hydrogen-bond donors (Lipinski definition) is 0. The first-order chi connectivity index (χ1) is 70.4. The lowest BCUT2D eigenvalue weighted by atomic mass is 9.92. The maximum atomic E-state index is 7.52. The second-order valence-corrected chi connectivity index (χ2v) is 36.5. The second-order valence-electron chi connectivity index (χ2n) is 36.5. The Kier molecular flexibility index (Phi) is 21.2. The molecule has 0 aliphatic heterocycles. The van der Waals surface area contributed by atoms with Crippen molar-refractivity contribution in [3.63, 3.8) is 0 Å². The van der Waals surface area contributed by atoms with Crippen LogP contribution in [0.25, 0.3) is 187 Å². The molecule has 0 atom stereocenters. The molecule has 0 aliphatic carbocycles. The van der Waals surface area contributed by atoms with Crippen LogP contribution >= 0.6 is 0 Å². The lowest BCUT2D eigenvalue weighted by Crippen LogP contribution is -2.12. The third kappa shape index (κ3) is 15.1. The highest BCUT2D eigenvalue weighted by atomic mass is 16.3. The van der Waals surface area contributed by atoms with Crippen molar-refractivity contribution in [2.45, 2.75) is 0 Å². The highest BCUT2D eigenvalue weighted by molar-refractivity contribution is 6.28. The Labute approximate surface area is 823 Å². The van der Waals surface area contributed by atoms with E-state index < -0.39 is 0 Å². The van der Waals surface area contributed by atoms with Crippen LogP contribution in [0, 0.1) is 0 Å². The molecular weight excluding hydrogens is 1720 g/mol. The van der Waals surface area contributed by atoms with Gasteiger partial charge in [0.05, 0.1) is 34.1 Å². The third-order valence-corrected chi connectivity index (χ3v) is 28.1. The summed E-state index contributed by atoms with van der Waals surface area (Å²) in [5, 5.41) is 12.3. The largest absolute Gasteiger partial charge is 0.455 e. The zero-order valence-corrected chi connectivity index (χ0v) is 77.6. The zero-order valence-electron chi connectivity index (χ0n) is 77.6. The molecule has 26 aromatic rings. The van der Waals surface area contributed by atoms with Crippen molar-refractivity contribution in [2.75, 3.05) is 19.6 Å². The van der Waals surface area contributed by atoms with E-state index >= 15 is 0 Å². The molecule has 0 aliphatic rings. The first-order valence-corrected chi connectivity index (χ1v) is 48.6. The Morgan fingerprint density at radius 3 is 0.648 bits per heavy atom. The molecule has 0 spiro atoms. The molecule has 142 heavy (non-hydrogen) atoms. The predicted octanol–water partition coefficient (Wildman–Crippen LogP) is 39.0. The first kappa shape index (κ1) is 83.7. The SMILES string of the molecule is c1ccc(-c2ccc(N(c3cccc(-c4ccccc4)c3)c3cc4c5cc(N(c6ccc(-c7ccccc7)cc6)c6cccc(-c7ccccc7-c7cccc(-c8cccc(N(c9ccccc9-c9ccccc9)c9cc%10c%11cc(N(c%12cccc(-c%13ccccc%13)c%12)c%12ccccc%12-c%12ccccc%12)c%12ccccc%12c%11oc%10c%10ccccc9%10)c8)c7)c6)c6ccccc6c5oc4c4ccccc34)cc2)cc1. The van der Waals surface area contributed by atoms with Gasteiger partial charge in [0.2, 0.25) is 0 Å². The van der Waals surface area contributed by atoms with Gasteiger partial charge in [0.1, 0.15) is 22.3 Å². The Morgan fingerprint density at radius 1 is 0.106 bits per heavy atom. The van der Waals surface area contributed by atoms with Gasteiger partial charge in [0.15, 0.2) is 0 Å². The van der Waals surface area contributed by atoms with E-state index in [-0.39, 0.29) is 0 Å². The number of fused-ring (bicyclic) bond motifs is 14. The Hall–Kier alpha value is -18.9. The van der Waals surface area contributed by atoms with Crippen molar-refractivity contribution in [3.05, 3.63) is 546 Å². The monoisotopic (exact) mass is 1810 g/mol. The minimum atomic E-state index is 0.824. The lowest BCUT2D eigenvalue weighted by molar-refractivity contribution is 0.676. The van der Waals surface area contributed by atoms with Gasteiger partial charge in [-0.05, 0) is 204 Å². The maximum absolute atomic E-state index is 7.52. The topological polar surface area (TPSA) is 39.2 Å². The van der Waals surface area contributed by atoms with Gasteiger partial charge in [0.25, 0.3) is 0 Å². The van der Waals surface area contributed by atoms with E-state index in [0.717, 1.165) is 250 Å². The fourth-order valence-electron chi connectivity index (χ4n) is 21.5. The highest BCUT2D eigenvalue weighted by Gasteiger charge is 2.31. The average Bonchev–Trinajstić information content (AvgIpc) is 1.53. The van der Waals surface area contributed by atoms with Gasteiger partial charge in [-0.2, -0.15) is 0 Å². The molecule has 2 aromatic heterocycles. The Bertz CT molecular complexity index is 9290. The normalized spacial score (nSPS) is 11.5. The number of nitrogens with zero attached hydrogens (tertiary/aromatic N) is 4. The summed E-state index contributed by atoms with van der Waals surface area (Å²) in [4.78, 5) is 9.85. The summed E-state index contributed by atoms with van der Waals surface area (Å²) < 4.78 is 15.0. The summed E-state index contributed by atoms with van der Waals surface area (Å²) in [7, 11) is 0. The molecule has 26 rings (SSSR count). The molecular formula is C136H90N4O2. The number of para-hydroxylation sites is 2. The van der Waals surface area contributed by atoms with E-state index in [1.165, 1.54) is 5.56 Å². The summed E-state index contributed by atoms with van der Waals surface area (Å²) in [6.07, 6.45) is 0. The van der Waals surface area contributed by atoms with E-state index in [2.05, 4.69) is 566 Å². The summed E-state index contributed by atoms with van der Waals surface area (Å²) in [5.74, 6) is 0. The van der Waals surface area contributed by atoms with Crippen molar-refractivity contribution in [1.29, 1.82) is 0 Å². The van der Waals surface area contributed by atoms with Crippen LogP contribution in [0.2, 0.25) is 0 Å². The fraction of sp³-hybridized carbons (Fsp3) is 0. The maximum Gasteiger partial charge on any atom is 0.143 e. The van der Waals surface area contributed by atoms with E-state index in [1.54, 1.807) is 0 Å². The summed E-state index contributed by atoms with van der Waals surface area (Å²) >= 11 is 0. The van der Waals surface area contributed by atoms with Crippen molar-refractivity contribution in [2.24, 2.45) is 0 Å². The smallest absolute Gasteiger partial charge is 0.143 e.